The number of rotatable bonds is 6. The molecule has 3 rings (SSSR count). The van der Waals surface area contributed by atoms with E-state index in [1.54, 1.807) is 0 Å². The monoisotopic (exact) mass is 504 g/mol. The van der Waals surface area contributed by atoms with Crippen LogP contribution >= 0.6 is 0 Å². The van der Waals surface area contributed by atoms with Crippen molar-refractivity contribution < 1.29 is 0 Å². The minimum Gasteiger partial charge on any atom is -0.372 e. The Morgan fingerprint density at radius 1 is 0.694 bits per heavy atom. The summed E-state index contributed by atoms with van der Waals surface area (Å²) in [6, 6.07) is 4.19. The quantitative estimate of drug-likeness (QED) is 0.335. The minimum atomic E-state index is 0. The summed E-state index contributed by atoms with van der Waals surface area (Å²) in [5.41, 5.74) is 2.94. The Morgan fingerprint density at radius 2 is 1.19 bits per heavy atom. The van der Waals surface area contributed by atoms with Gasteiger partial charge in [-0.1, -0.05) is 72.8 Å². The molecule has 0 aromatic heterocycles. The van der Waals surface area contributed by atoms with E-state index in [1.807, 2.05) is 0 Å². The molecular weight excluding hydrogens is 438 g/mol. The first-order valence-corrected chi connectivity index (χ1v) is 14.5. The van der Waals surface area contributed by atoms with Crippen molar-refractivity contribution in [3.8, 4) is 0 Å². The fraction of sp³-hybridized carbons (Fsp3) is 0.818. The molecule has 0 bridgehead atoms. The van der Waals surface area contributed by atoms with Crippen LogP contribution in [-0.2, 0) is 0 Å². The lowest BCUT2D eigenvalue weighted by Gasteiger charge is -2.32. The van der Waals surface area contributed by atoms with Gasteiger partial charge in [0.1, 0.15) is 0 Å². The van der Waals surface area contributed by atoms with Crippen LogP contribution in [0.2, 0.25) is 0 Å². The summed E-state index contributed by atoms with van der Waals surface area (Å²) in [5.74, 6) is 2.29. The molecule has 0 aromatic carbocycles. The fourth-order valence-corrected chi connectivity index (χ4v) is 5.71. The number of hydrogen-bond acceptors (Lipinski definition) is 3. The van der Waals surface area contributed by atoms with Gasteiger partial charge in [-0.25, -0.2) is 0 Å². The predicted molar refractivity (Wildman–Crippen MR) is 164 cm³/mol. The first kappa shape index (κ1) is 34.8. The summed E-state index contributed by atoms with van der Waals surface area (Å²) in [4.78, 5) is 7.53. The SMILES string of the molecule is C.C=C1C[C@@H](C(C)C)N(C(C)C)C1.CC(C)[C@@H]1CC=CN1C(C)C.CC1=CN(C(C)C)[C@H](C(C)C)C1. The maximum atomic E-state index is 4.08. The summed E-state index contributed by atoms with van der Waals surface area (Å²) in [5, 5.41) is 0. The molecule has 0 saturated carbocycles. The number of hydrogen-bond donors (Lipinski definition) is 0. The standard InChI is InChI=1S/2C11H21N.C10H19N.CH4/c2*1-8(2)11-6-10(5)7-12(11)9(3)4;1-8(2)10-6-5-7-11(10)9(3)4;/h7-9,11H,6H2,1-5H3;8-9,11H,5-7H2,1-4H3;5,7-10H,6H2,1-4H3;1H4/t2*11-;10-;/m000./s1. The van der Waals surface area contributed by atoms with Gasteiger partial charge in [-0.15, -0.1) is 0 Å². The summed E-state index contributed by atoms with van der Waals surface area (Å²) in [6.07, 6.45) is 10.6. The van der Waals surface area contributed by atoms with Crippen LogP contribution in [0, 0.1) is 17.8 Å². The topological polar surface area (TPSA) is 9.72 Å². The molecule has 0 aliphatic carbocycles. The van der Waals surface area contributed by atoms with E-state index in [0.29, 0.717) is 18.1 Å². The highest BCUT2D eigenvalue weighted by molar-refractivity contribution is 5.11. The van der Waals surface area contributed by atoms with Crippen LogP contribution in [0.25, 0.3) is 0 Å². The Kier molecular flexibility index (Phi) is 15.4. The lowest BCUT2D eigenvalue weighted by Crippen LogP contribution is -2.38. The molecule has 3 heterocycles. The summed E-state index contributed by atoms with van der Waals surface area (Å²) < 4.78 is 0. The number of likely N-dealkylation sites (tertiary alicyclic amines) is 1. The van der Waals surface area contributed by atoms with Crippen LogP contribution < -0.4 is 0 Å². The van der Waals surface area contributed by atoms with Crippen molar-refractivity contribution in [3.05, 3.63) is 36.2 Å². The fourth-order valence-electron chi connectivity index (χ4n) is 5.71. The van der Waals surface area contributed by atoms with Crippen LogP contribution in [0.4, 0.5) is 0 Å². The molecule has 0 amide bonds. The van der Waals surface area contributed by atoms with E-state index in [2.05, 4.69) is 130 Å². The molecule has 0 N–H and O–H groups in total. The van der Waals surface area contributed by atoms with Crippen LogP contribution in [0.3, 0.4) is 0 Å². The van der Waals surface area contributed by atoms with Gasteiger partial charge in [0.15, 0.2) is 0 Å². The third-order valence-electron chi connectivity index (χ3n) is 7.82. The molecule has 1 saturated heterocycles. The van der Waals surface area contributed by atoms with Gasteiger partial charge in [-0.2, -0.15) is 0 Å². The zero-order valence-electron chi connectivity index (χ0n) is 25.8. The van der Waals surface area contributed by atoms with Crippen molar-refractivity contribution in [3.63, 3.8) is 0 Å². The second-order valence-corrected chi connectivity index (χ2v) is 13.0. The molecule has 3 heteroatoms. The van der Waals surface area contributed by atoms with E-state index in [-0.39, 0.29) is 7.43 Å². The highest BCUT2D eigenvalue weighted by Crippen LogP contribution is 2.29. The molecule has 212 valence electrons. The molecule has 0 spiro atoms. The second-order valence-electron chi connectivity index (χ2n) is 13.0. The maximum Gasteiger partial charge on any atom is 0.0347 e. The van der Waals surface area contributed by atoms with Gasteiger partial charge < -0.3 is 9.80 Å². The molecule has 3 aliphatic heterocycles. The molecule has 0 unspecified atom stereocenters. The van der Waals surface area contributed by atoms with Gasteiger partial charge in [0, 0.05) is 42.8 Å². The van der Waals surface area contributed by atoms with E-state index in [1.165, 1.54) is 30.4 Å². The number of nitrogens with zero attached hydrogens (tertiary/aromatic N) is 3. The van der Waals surface area contributed by atoms with Gasteiger partial charge in [0.05, 0.1) is 0 Å². The van der Waals surface area contributed by atoms with Crippen molar-refractivity contribution in [2.24, 2.45) is 17.8 Å². The van der Waals surface area contributed by atoms with E-state index < -0.39 is 0 Å². The zero-order valence-corrected chi connectivity index (χ0v) is 25.8. The van der Waals surface area contributed by atoms with E-state index in [9.17, 15) is 0 Å². The van der Waals surface area contributed by atoms with Gasteiger partial charge in [-0.05, 0) is 97.9 Å². The molecule has 0 radical (unpaired) electrons. The highest BCUT2D eigenvalue weighted by Gasteiger charge is 2.30. The third kappa shape index (κ3) is 10.3. The molecule has 3 atom stereocenters. The Labute approximate surface area is 228 Å². The Bertz CT molecular complexity index is 665. The van der Waals surface area contributed by atoms with Gasteiger partial charge >= 0.3 is 0 Å². The molecule has 0 aromatic rings. The summed E-state index contributed by atoms with van der Waals surface area (Å²) in [7, 11) is 0. The van der Waals surface area contributed by atoms with E-state index >= 15 is 0 Å². The van der Waals surface area contributed by atoms with E-state index in [4.69, 9.17) is 0 Å². The Hall–Kier alpha value is -1.22. The summed E-state index contributed by atoms with van der Waals surface area (Å²) >= 11 is 0. The van der Waals surface area contributed by atoms with Crippen molar-refractivity contribution in [2.45, 2.75) is 153 Å². The maximum absolute atomic E-state index is 4.08. The lowest BCUT2D eigenvalue weighted by molar-refractivity contribution is 0.166. The van der Waals surface area contributed by atoms with Crippen LogP contribution in [0.5, 0.6) is 0 Å². The smallest absolute Gasteiger partial charge is 0.0347 e. The van der Waals surface area contributed by atoms with Gasteiger partial charge in [0.2, 0.25) is 0 Å². The van der Waals surface area contributed by atoms with Gasteiger partial charge in [0.25, 0.3) is 0 Å². The first-order chi connectivity index (χ1) is 16.2. The first-order valence-electron chi connectivity index (χ1n) is 14.5. The molecular formula is C33H65N3. The van der Waals surface area contributed by atoms with Crippen LogP contribution in [-0.4, -0.2) is 57.5 Å². The van der Waals surface area contributed by atoms with Crippen molar-refractivity contribution in [2.75, 3.05) is 6.54 Å². The van der Waals surface area contributed by atoms with Crippen molar-refractivity contribution in [1.82, 2.24) is 14.7 Å². The van der Waals surface area contributed by atoms with Crippen LogP contribution in [0.1, 0.15) is 117 Å². The Morgan fingerprint density at radius 3 is 1.53 bits per heavy atom. The Balaban J connectivity index is 0.000000504. The molecule has 36 heavy (non-hydrogen) atoms. The molecule has 1 fully saturated rings. The van der Waals surface area contributed by atoms with Crippen molar-refractivity contribution >= 4 is 0 Å². The second kappa shape index (κ2) is 15.9. The normalized spacial score (nSPS) is 24.1. The highest BCUT2D eigenvalue weighted by atomic mass is 15.2. The molecule has 3 aliphatic rings. The largest absolute Gasteiger partial charge is 0.372 e. The average molecular weight is 504 g/mol. The average Bonchev–Trinajstić information content (AvgIpc) is 3.46. The minimum absolute atomic E-state index is 0. The van der Waals surface area contributed by atoms with Gasteiger partial charge in [-0.3, -0.25) is 4.90 Å². The van der Waals surface area contributed by atoms with Crippen molar-refractivity contribution in [1.29, 1.82) is 0 Å². The van der Waals surface area contributed by atoms with Crippen LogP contribution in [0.15, 0.2) is 36.2 Å². The summed E-state index contributed by atoms with van der Waals surface area (Å²) in [6.45, 7) is 34.8. The molecule has 3 nitrogen and oxygen atoms in total. The third-order valence-corrected chi connectivity index (χ3v) is 7.82. The predicted octanol–water partition coefficient (Wildman–Crippen LogP) is 8.99. The van der Waals surface area contributed by atoms with E-state index in [0.717, 1.165) is 42.4 Å². The zero-order chi connectivity index (χ0) is 27.0. The lowest BCUT2D eigenvalue weighted by atomic mass is 9.99.